The van der Waals surface area contributed by atoms with E-state index in [1.54, 1.807) is 0 Å². The number of carbonyl (C=O) groups excluding carboxylic acids is 4. The van der Waals surface area contributed by atoms with Crippen LogP contribution in [0.15, 0.2) is 42.5 Å². The molecule has 2 saturated carbocycles. The van der Waals surface area contributed by atoms with Crippen molar-refractivity contribution in [1.82, 2.24) is 10.0 Å². The number of hydrogen-bond acceptors (Lipinski definition) is 6. The van der Waals surface area contributed by atoms with Gasteiger partial charge < -0.3 is 0 Å². The summed E-state index contributed by atoms with van der Waals surface area (Å²) in [7, 11) is 0. The zero-order chi connectivity index (χ0) is 25.0. The summed E-state index contributed by atoms with van der Waals surface area (Å²) in [6.45, 7) is -0.675. The molecule has 11 heteroatoms. The van der Waals surface area contributed by atoms with Crippen LogP contribution in [0.25, 0.3) is 0 Å². The number of hydrazine groups is 1. The van der Waals surface area contributed by atoms with E-state index in [4.69, 9.17) is 23.2 Å². The van der Waals surface area contributed by atoms with Gasteiger partial charge in [0, 0.05) is 22.7 Å². The highest BCUT2D eigenvalue weighted by Gasteiger charge is 2.62. The van der Waals surface area contributed by atoms with E-state index in [2.05, 4.69) is 0 Å². The lowest BCUT2D eigenvalue weighted by Gasteiger charge is -2.31. The van der Waals surface area contributed by atoms with E-state index in [9.17, 15) is 29.3 Å². The van der Waals surface area contributed by atoms with Gasteiger partial charge in [-0.2, -0.15) is 5.01 Å². The topological polar surface area (TPSA) is 118 Å². The van der Waals surface area contributed by atoms with Crippen molar-refractivity contribution in [2.75, 3.05) is 6.54 Å². The van der Waals surface area contributed by atoms with Crippen LogP contribution in [0.3, 0.4) is 0 Å². The molecule has 3 fully saturated rings. The number of nitro benzene ring substituents is 1. The van der Waals surface area contributed by atoms with Crippen LogP contribution in [0.2, 0.25) is 10.0 Å². The third-order valence-corrected chi connectivity index (χ3v) is 7.76. The number of fused-ring (bicyclic) bond motifs is 5. The van der Waals surface area contributed by atoms with Crippen molar-refractivity contribution in [3.63, 3.8) is 0 Å². The lowest BCUT2D eigenvalue weighted by atomic mass is 9.81. The first-order chi connectivity index (χ1) is 16.7. The van der Waals surface area contributed by atoms with Gasteiger partial charge in [0.1, 0.15) is 6.54 Å². The SMILES string of the molecule is O=C(CN(C(=O)c1ccc(Cl)cc1Cl)N1C(=O)C2C3CCC(C3)C2C1=O)c1cccc([N+](=O)[O-])c1. The molecular formula is C24H19Cl2N3O6. The van der Waals surface area contributed by atoms with Crippen LogP contribution >= 0.6 is 23.2 Å². The van der Waals surface area contributed by atoms with Crippen molar-refractivity contribution in [3.8, 4) is 0 Å². The minimum absolute atomic E-state index is 0.00495. The summed E-state index contributed by atoms with van der Waals surface area (Å²) >= 11 is 12.2. The minimum Gasteiger partial charge on any atom is -0.292 e. The smallest absolute Gasteiger partial charge is 0.274 e. The summed E-state index contributed by atoms with van der Waals surface area (Å²) in [5.41, 5.74) is -0.365. The van der Waals surface area contributed by atoms with E-state index in [0.29, 0.717) is 0 Å². The van der Waals surface area contributed by atoms with Gasteiger partial charge in [-0.05, 0) is 49.3 Å². The molecule has 3 aliphatic rings. The Morgan fingerprint density at radius 2 is 1.69 bits per heavy atom. The highest BCUT2D eigenvalue weighted by molar-refractivity contribution is 6.36. The maximum atomic E-state index is 13.6. The number of hydrogen-bond donors (Lipinski definition) is 0. The number of Topliss-reactive ketones (excluding diaryl/α,β-unsaturated/α-hetero) is 1. The Kier molecular flexibility index (Phi) is 5.85. The fourth-order valence-corrected chi connectivity index (χ4v) is 6.18. The Labute approximate surface area is 209 Å². The number of carbonyl (C=O) groups is 4. The lowest BCUT2D eigenvalue weighted by molar-refractivity contribution is -0.384. The fourth-order valence-electron chi connectivity index (χ4n) is 5.69. The normalized spacial score (nSPS) is 24.6. The second-order valence-corrected chi connectivity index (χ2v) is 9.93. The second-order valence-electron chi connectivity index (χ2n) is 9.09. The van der Waals surface area contributed by atoms with Crippen LogP contribution in [0.1, 0.15) is 40.0 Å². The number of nitrogens with zero attached hydrogens (tertiary/aromatic N) is 3. The van der Waals surface area contributed by atoms with Gasteiger partial charge in [-0.25, -0.2) is 5.01 Å². The summed E-state index contributed by atoms with van der Waals surface area (Å²) in [4.78, 5) is 64.1. The molecule has 0 spiro atoms. The molecule has 0 aromatic heterocycles. The Hall–Kier alpha value is -3.30. The van der Waals surface area contributed by atoms with Gasteiger partial charge in [0.05, 0.1) is 27.3 Å². The maximum absolute atomic E-state index is 13.6. The first kappa shape index (κ1) is 23.4. The summed E-state index contributed by atoms with van der Waals surface area (Å²) in [6, 6.07) is 9.18. The van der Waals surface area contributed by atoms with Crippen molar-refractivity contribution in [2.24, 2.45) is 23.7 Å². The van der Waals surface area contributed by atoms with E-state index in [0.717, 1.165) is 35.3 Å². The van der Waals surface area contributed by atoms with Crippen LogP contribution in [0.5, 0.6) is 0 Å². The molecule has 4 unspecified atom stereocenters. The Balaban J connectivity index is 1.52. The van der Waals surface area contributed by atoms with E-state index in [1.165, 1.54) is 36.4 Å². The molecule has 1 saturated heterocycles. The van der Waals surface area contributed by atoms with E-state index >= 15 is 0 Å². The molecule has 0 N–H and O–H groups in total. The summed E-state index contributed by atoms with van der Waals surface area (Å²) in [5.74, 6) is -3.36. The molecule has 2 aromatic rings. The Morgan fingerprint density at radius 1 is 1.03 bits per heavy atom. The van der Waals surface area contributed by atoms with Gasteiger partial charge >= 0.3 is 0 Å². The number of ketones is 1. The predicted molar refractivity (Wildman–Crippen MR) is 125 cm³/mol. The van der Waals surface area contributed by atoms with Crippen molar-refractivity contribution in [2.45, 2.75) is 19.3 Å². The molecular weight excluding hydrogens is 497 g/mol. The van der Waals surface area contributed by atoms with E-state index in [1.807, 2.05) is 0 Å². The average molecular weight is 516 g/mol. The Bertz CT molecular complexity index is 1270. The van der Waals surface area contributed by atoms with Crippen molar-refractivity contribution in [1.29, 1.82) is 0 Å². The highest BCUT2D eigenvalue weighted by atomic mass is 35.5. The number of nitro groups is 1. The van der Waals surface area contributed by atoms with Crippen molar-refractivity contribution >= 4 is 52.4 Å². The van der Waals surface area contributed by atoms with Gasteiger partial charge in [0.2, 0.25) is 0 Å². The summed E-state index contributed by atoms with van der Waals surface area (Å²) in [6.07, 6.45) is 2.51. The molecule has 2 aliphatic carbocycles. The largest absolute Gasteiger partial charge is 0.292 e. The maximum Gasteiger partial charge on any atom is 0.274 e. The number of non-ortho nitro benzene ring substituents is 1. The van der Waals surface area contributed by atoms with Gasteiger partial charge in [-0.1, -0.05) is 35.3 Å². The molecule has 1 heterocycles. The van der Waals surface area contributed by atoms with Gasteiger partial charge in [0.25, 0.3) is 23.4 Å². The predicted octanol–water partition coefficient (Wildman–Crippen LogP) is 4.17. The summed E-state index contributed by atoms with van der Waals surface area (Å²) in [5, 5.41) is 13.0. The number of imide groups is 1. The third-order valence-electron chi connectivity index (χ3n) is 7.21. The van der Waals surface area contributed by atoms with Gasteiger partial charge in [0.15, 0.2) is 5.78 Å². The molecule has 180 valence electrons. The van der Waals surface area contributed by atoms with Crippen LogP contribution in [-0.4, -0.2) is 45.0 Å². The fraction of sp³-hybridized carbons (Fsp3) is 0.333. The molecule has 9 nitrogen and oxygen atoms in total. The minimum atomic E-state index is -0.820. The van der Waals surface area contributed by atoms with Crippen LogP contribution < -0.4 is 0 Å². The van der Waals surface area contributed by atoms with E-state index < -0.39 is 46.8 Å². The van der Waals surface area contributed by atoms with Crippen molar-refractivity contribution in [3.05, 3.63) is 73.8 Å². The quantitative estimate of drug-likeness (QED) is 0.246. The first-order valence-electron chi connectivity index (χ1n) is 11.1. The molecule has 4 atom stereocenters. The third kappa shape index (κ3) is 3.88. The van der Waals surface area contributed by atoms with Gasteiger partial charge in [-0.3, -0.25) is 29.3 Å². The van der Waals surface area contributed by atoms with Crippen LogP contribution in [-0.2, 0) is 9.59 Å². The average Bonchev–Trinajstić information content (AvgIpc) is 3.51. The lowest BCUT2D eigenvalue weighted by Crippen LogP contribution is -2.52. The van der Waals surface area contributed by atoms with Crippen molar-refractivity contribution < 1.29 is 24.1 Å². The zero-order valence-electron chi connectivity index (χ0n) is 18.2. The molecule has 2 aromatic carbocycles. The molecule has 35 heavy (non-hydrogen) atoms. The number of rotatable bonds is 6. The van der Waals surface area contributed by atoms with E-state index in [-0.39, 0.29) is 38.7 Å². The van der Waals surface area contributed by atoms with Crippen LogP contribution in [0.4, 0.5) is 5.69 Å². The summed E-state index contributed by atoms with van der Waals surface area (Å²) < 4.78 is 0. The standard InChI is InChI=1S/C24H19Cl2N3O6/c25-15-6-7-17(18(26)10-15)22(31)27(11-19(30)12-2-1-3-16(9-12)29(34)35)28-23(32)20-13-4-5-14(8-13)21(20)24(28)33/h1-3,6-7,9-10,13-14,20-21H,4-5,8,11H2. The van der Waals surface area contributed by atoms with Crippen LogP contribution in [0, 0.1) is 33.8 Å². The number of halogens is 2. The molecule has 5 rings (SSSR count). The molecule has 0 radical (unpaired) electrons. The number of benzene rings is 2. The molecule has 3 amide bonds. The van der Waals surface area contributed by atoms with Gasteiger partial charge in [-0.15, -0.1) is 0 Å². The molecule has 1 aliphatic heterocycles. The first-order valence-corrected chi connectivity index (χ1v) is 11.8. The Morgan fingerprint density at radius 3 is 2.29 bits per heavy atom. The molecule has 2 bridgehead atoms. The second kappa shape index (κ2) is 8.73. The highest BCUT2D eigenvalue weighted by Crippen LogP contribution is 2.56. The number of amides is 3. The monoisotopic (exact) mass is 515 g/mol. The zero-order valence-corrected chi connectivity index (χ0v) is 19.7.